The highest BCUT2D eigenvalue weighted by Crippen LogP contribution is 2.16. The Hall–Kier alpha value is -3.35. The summed E-state index contributed by atoms with van der Waals surface area (Å²) in [5.74, 6) is 0.709. The summed E-state index contributed by atoms with van der Waals surface area (Å²) in [4.78, 5) is 32.9. The molecule has 0 unspecified atom stereocenters. The minimum atomic E-state index is -0.633. The number of amides is 2. The van der Waals surface area contributed by atoms with Crippen LogP contribution in [0.15, 0.2) is 48.5 Å². The maximum Gasteiger partial charge on any atom is 0.249 e. The molecule has 0 saturated carbocycles. The molecular weight excluding hydrogens is 380 g/mol. The zero-order valence-corrected chi connectivity index (χ0v) is 17.6. The number of aromatic nitrogens is 2. The van der Waals surface area contributed by atoms with E-state index >= 15 is 0 Å². The van der Waals surface area contributed by atoms with Crippen molar-refractivity contribution in [3.8, 4) is 5.75 Å². The predicted molar refractivity (Wildman–Crippen MR) is 117 cm³/mol. The number of rotatable bonds is 9. The van der Waals surface area contributed by atoms with Crippen LogP contribution < -0.4 is 15.4 Å². The normalized spacial score (nSPS) is 12.9. The highest BCUT2D eigenvalue weighted by molar-refractivity contribution is 5.97. The lowest BCUT2D eigenvalue weighted by atomic mass is 9.98. The van der Waals surface area contributed by atoms with Crippen LogP contribution in [-0.2, 0) is 16.0 Å². The Morgan fingerprint density at radius 1 is 1.13 bits per heavy atom. The van der Waals surface area contributed by atoms with Crippen LogP contribution in [0.3, 0.4) is 0 Å². The van der Waals surface area contributed by atoms with E-state index in [9.17, 15) is 9.59 Å². The monoisotopic (exact) mass is 408 g/mol. The smallest absolute Gasteiger partial charge is 0.249 e. The molecule has 0 saturated heterocycles. The Labute approximate surface area is 176 Å². The number of carbonyl (C=O) groups is 2. The van der Waals surface area contributed by atoms with Crippen LogP contribution in [0.25, 0.3) is 11.0 Å². The van der Waals surface area contributed by atoms with Crippen molar-refractivity contribution in [3.05, 3.63) is 54.1 Å². The SMILES string of the molecule is CC[C@H](C)[C@H](NC(=O)CCc1ccc(OC)cc1)C(=O)Nc1nc2ccccc2[nH]1. The van der Waals surface area contributed by atoms with Gasteiger partial charge in [0.15, 0.2) is 0 Å². The number of imidazole rings is 1. The molecule has 30 heavy (non-hydrogen) atoms. The van der Waals surface area contributed by atoms with E-state index in [2.05, 4.69) is 20.6 Å². The van der Waals surface area contributed by atoms with Crippen LogP contribution in [0.2, 0.25) is 0 Å². The summed E-state index contributed by atoms with van der Waals surface area (Å²) in [6, 6.07) is 14.5. The third-order valence-electron chi connectivity index (χ3n) is 5.24. The molecule has 0 radical (unpaired) electrons. The second kappa shape index (κ2) is 9.91. The van der Waals surface area contributed by atoms with E-state index in [0.717, 1.165) is 28.8 Å². The van der Waals surface area contributed by atoms with E-state index in [1.165, 1.54) is 0 Å². The van der Waals surface area contributed by atoms with Gasteiger partial charge in [-0.25, -0.2) is 4.98 Å². The van der Waals surface area contributed by atoms with Gasteiger partial charge in [-0.3, -0.25) is 14.9 Å². The number of fused-ring (bicyclic) bond motifs is 1. The number of nitrogens with zero attached hydrogens (tertiary/aromatic N) is 1. The number of H-pyrrole nitrogens is 1. The van der Waals surface area contributed by atoms with Crippen LogP contribution in [0.5, 0.6) is 5.75 Å². The van der Waals surface area contributed by atoms with Crippen molar-refractivity contribution in [2.24, 2.45) is 5.92 Å². The number of ether oxygens (including phenoxy) is 1. The standard InChI is InChI=1S/C23H28N4O3/c1-4-15(2)21(22(29)27-23-24-18-7-5-6-8-19(18)25-23)26-20(28)14-11-16-9-12-17(30-3)13-10-16/h5-10,12-13,15,21H,4,11,14H2,1-3H3,(H,26,28)(H2,24,25,27,29)/t15-,21-/m0/s1. The Morgan fingerprint density at radius 2 is 1.87 bits per heavy atom. The average Bonchev–Trinajstić information content (AvgIpc) is 3.18. The fourth-order valence-corrected chi connectivity index (χ4v) is 3.20. The van der Waals surface area contributed by atoms with Crippen LogP contribution >= 0.6 is 0 Å². The van der Waals surface area contributed by atoms with Crippen LogP contribution in [0.1, 0.15) is 32.3 Å². The molecule has 0 bridgehead atoms. The topological polar surface area (TPSA) is 96.1 Å². The van der Waals surface area contributed by atoms with E-state index < -0.39 is 6.04 Å². The van der Waals surface area contributed by atoms with Crippen molar-refractivity contribution in [2.75, 3.05) is 12.4 Å². The second-order valence-corrected chi connectivity index (χ2v) is 7.37. The quantitative estimate of drug-likeness (QED) is 0.503. The van der Waals surface area contributed by atoms with Crippen LogP contribution in [0.4, 0.5) is 5.95 Å². The summed E-state index contributed by atoms with van der Waals surface area (Å²) >= 11 is 0. The summed E-state index contributed by atoms with van der Waals surface area (Å²) in [6.45, 7) is 3.95. The van der Waals surface area contributed by atoms with Gasteiger partial charge in [0.1, 0.15) is 11.8 Å². The van der Waals surface area contributed by atoms with Gasteiger partial charge in [0.05, 0.1) is 18.1 Å². The molecule has 2 amide bonds. The molecule has 0 fully saturated rings. The lowest BCUT2D eigenvalue weighted by Gasteiger charge is -2.23. The summed E-state index contributed by atoms with van der Waals surface area (Å²) in [7, 11) is 1.62. The first-order valence-corrected chi connectivity index (χ1v) is 10.2. The largest absolute Gasteiger partial charge is 0.497 e. The van der Waals surface area contributed by atoms with Crippen molar-refractivity contribution in [2.45, 2.75) is 39.2 Å². The maximum absolute atomic E-state index is 12.9. The van der Waals surface area contributed by atoms with Crippen molar-refractivity contribution >= 4 is 28.8 Å². The predicted octanol–water partition coefficient (Wildman–Crippen LogP) is 3.67. The average molecular weight is 409 g/mol. The van der Waals surface area contributed by atoms with Gasteiger partial charge in [-0.2, -0.15) is 0 Å². The summed E-state index contributed by atoms with van der Waals surface area (Å²) in [5, 5.41) is 5.70. The van der Waals surface area contributed by atoms with Gasteiger partial charge in [0.25, 0.3) is 0 Å². The molecule has 3 aromatic rings. The number of methoxy groups -OCH3 is 1. The molecule has 3 rings (SSSR count). The zero-order valence-electron chi connectivity index (χ0n) is 17.6. The highest BCUT2D eigenvalue weighted by Gasteiger charge is 2.26. The number of para-hydroxylation sites is 2. The Bertz CT molecular complexity index is 964. The molecule has 1 aromatic heterocycles. The van der Waals surface area contributed by atoms with Crippen LogP contribution in [0, 0.1) is 5.92 Å². The number of carbonyl (C=O) groups excluding carboxylic acids is 2. The molecule has 7 heteroatoms. The van der Waals surface area contributed by atoms with Gasteiger partial charge in [-0.1, -0.05) is 44.5 Å². The van der Waals surface area contributed by atoms with E-state index in [0.29, 0.717) is 18.8 Å². The molecule has 1 heterocycles. The molecule has 0 aliphatic carbocycles. The summed E-state index contributed by atoms with van der Waals surface area (Å²) in [5.41, 5.74) is 2.66. The van der Waals surface area contributed by atoms with Gasteiger partial charge in [0.2, 0.25) is 17.8 Å². The zero-order chi connectivity index (χ0) is 21.5. The fourth-order valence-electron chi connectivity index (χ4n) is 3.20. The minimum absolute atomic E-state index is 0.0145. The van der Waals surface area contributed by atoms with E-state index in [-0.39, 0.29) is 17.7 Å². The number of aromatic amines is 1. The number of nitrogens with one attached hydrogen (secondary N) is 3. The lowest BCUT2D eigenvalue weighted by Crippen LogP contribution is -2.47. The Morgan fingerprint density at radius 3 is 2.53 bits per heavy atom. The number of aryl methyl sites for hydroxylation is 1. The van der Waals surface area contributed by atoms with Crippen molar-refractivity contribution < 1.29 is 14.3 Å². The molecule has 158 valence electrons. The molecule has 3 N–H and O–H groups in total. The van der Waals surface area contributed by atoms with Crippen molar-refractivity contribution in [1.29, 1.82) is 0 Å². The first-order valence-electron chi connectivity index (χ1n) is 10.2. The molecule has 0 aliphatic heterocycles. The molecule has 7 nitrogen and oxygen atoms in total. The number of benzene rings is 2. The van der Waals surface area contributed by atoms with E-state index in [4.69, 9.17) is 4.74 Å². The molecule has 0 spiro atoms. The molecule has 0 aliphatic rings. The van der Waals surface area contributed by atoms with Crippen molar-refractivity contribution in [1.82, 2.24) is 15.3 Å². The van der Waals surface area contributed by atoms with E-state index in [1.54, 1.807) is 7.11 Å². The lowest BCUT2D eigenvalue weighted by molar-refractivity contribution is -0.127. The Kier molecular flexibility index (Phi) is 7.06. The fraction of sp³-hybridized carbons (Fsp3) is 0.348. The second-order valence-electron chi connectivity index (χ2n) is 7.37. The van der Waals surface area contributed by atoms with Gasteiger partial charge >= 0.3 is 0 Å². The first kappa shape index (κ1) is 21.4. The molecule has 2 aromatic carbocycles. The Balaban J connectivity index is 1.60. The first-order chi connectivity index (χ1) is 14.5. The van der Waals surface area contributed by atoms with Gasteiger partial charge in [0, 0.05) is 6.42 Å². The van der Waals surface area contributed by atoms with E-state index in [1.807, 2.05) is 62.4 Å². The van der Waals surface area contributed by atoms with Gasteiger partial charge < -0.3 is 15.0 Å². The number of anilines is 1. The summed E-state index contributed by atoms with van der Waals surface area (Å²) < 4.78 is 5.15. The summed E-state index contributed by atoms with van der Waals surface area (Å²) in [6.07, 6.45) is 1.66. The maximum atomic E-state index is 12.9. The van der Waals surface area contributed by atoms with Gasteiger partial charge in [-0.05, 0) is 42.2 Å². The third-order valence-corrected chi connectivity index (χ3v) is 5.24. The number of hydrogen-bond donors (Lipinski definition) is 3. The van der Waals surface area contributed by atoms with Crippen LogP contribution in [-0.4, -0.2) is 34.9 Å². The third kappa shape index (κ3) is 5.37. The molecular formula is C23H28N4O3. The van der Waals surface area contributed by atoms with Crippen molar-refractivity contribution in [3.63, 3.8) is 0 Å². The highest BCUT2D eigenvalue weighted by atomic mass is 16.5. The molecule has 2 atom stereocenters. The van der Waals surface area contributed by atoms with Gasteiger partial charge in [-0.15, -0.1) is 0 Å². The number of hydrogen-bond acceptors (Lipinski definition) is 4. The minimum Gasteiger partial charge on any atom is -0.497 e.